The van der Waals surface area contributed by atoms with Crippen molar-refractivity contribution in [3.05, 3.63) is 0 Å². The summed E-state index contributed by atoms with van der Waals surface area (Å²) in [6.07, 6.45) is 0. The van der Waals surface area contributed by atoms with Gasteiger partial charge in [0.05, 0.1) is 0 Å². The van der Waals surface area contributed by atoms with Crippen LogP contribution < -0.4 is 11.3 Å². The van der Waals surface area contributed by atoms with Crippen molar-refractivity contribution >= 4 is 7.19 Å². The highest BCUT2D eigenvalue weighted by Gasteiger charge is 1.83. The first-order chi connectivity index (χ1) is 1.73. The van der Waals surface area contributed by atoms with E-state index < -0.39 is 7.19 Å². The second-order valence-electron chi connectivity index (χ2n) is 0.491. The molecule has 5 N–H and O–H groups in total. The lowest BCUT2D eigenvalue weighted by atomic mass is 10.1. The van der Waals surface area contributed by atoms with Crippen molar-refractivity contribution in [1.82, 2.24) is 0 Å². The third-order valence-corrected chi connectivity index (χ3v) is 0. The molecule has 0 aliphatic heterocycles. The van der Waals surface area contributed by atoms with Crippen molar-refractivity contribution in [2.75, 3.05) is 0 Å². The summed E-state index contributed by atoms with van der Waals surface area (Å²) >= 11 is 0. The van der Waals surface area contributed by atoms with Crippen molar-refractivity contribution in [3.63, 3.8) is 0 Å². The zero-order valence-electron chi connectivity index (χ0n) is 2.18. The van der Waals surface area contributed by atoms with Crippen LogP contribution in [0.1, 0.15) is 0 Å². The maximum Gasteiger partial charge on any atom is 0.464 e. The third kappa shape index (κ3) is 573. The molecule has 0 aliphatic rings. The molecule has 0 unspecified atom stereocenters. The Bertz CT molecular complexity index is 10.8. The minimum Gasteiger partial charge on any atom is -0.424 e. The molecule has 0 aliphatic carbocycles. The molecule has 0 fully saturated rings. The topological polar surface area (TPSA) is 72.3 Å². The van der Waals surface area contributed by atoms with Crippen LogP contribution in [0.5, 0.6) is 0 Å². The van der Waals surface area contributed by atoms with E-state index in [2.05, 4.69) is 11.3 Å². The summed E-state index contributed by atoms with van der Waals surface area (Å²) in [5.74, 6) is 0. The van der Waals surface area contributed by atoms with E-state index >= 15 is 0 Å². The second kappa shape index (κ2) is 1.28. The minimum atomic E-state index is -1.17. The van der Waals surface area contributed by atoms with Gasteiger partial charge >= 0.3 is 7.19 Å². The van der Waals surface area contributed by atoms with Crippen LogP contribution in [0.4, 0.5) is 0 Å². The quantitative estimate of drug-likeness (QED) is 0.280. The molecule has 0 aromatic carbocycles. The number of rotatable bonds is 0. The van der Waals surface area contributed by atoms with E-state index in [1.54, 1.807) is 0 Å². The Kier molecular flexibility index (Phi) is 1.27. The van der Waals surface area contributed by atoms with Crippen molar-refractivity contribution in [3.8, 4) is 0 Å². The first-order valence-corrected chi connectivity index (χ1v) is 0.925. The van der Waals surface area contributed by atoms with Crippen LogP contribution in [0.2, 0.25) is 0 Å². The van der Waals surface area contributed by atoms with E-state index in [9.17, 15) is 0 Å². The first-order valence-electron chi connectivity index (χ1n) is 0.925. The molecule has 0 rings (SSSR count). The van der Waals surface area contributed by atoms with Crippen LogP contribution >= 0.6 is 0 Å². The highest BCUT2D eigenvalue weighted by Crippen LogP contribution is 1.20. The van der Waals surface area contributed by atoms with Crippen LogP contribution in [0, 0.1) is 0 Å². The zero-order chi connectivity index (χ0) is 3.58. The van der Waals surface area contributed by atoms with Crippen molar-refractivity contribution in [2.45, 2.75) is 0 Å². The van der Waals surface area contributed by atoms with E-state index in [1.807, 2.05) is 0 Å². The summed E-state index contributed by atoms with van der Waals surface area (Å²) in [5.41, 5.74) is 8.89. The molecule has 3 nitrogen and oxygen atoms in total. The molecule has 0 aromatic heterocycles. The van der Waals surface area contributed by atoms with Gasteiger partial charge in [0.2, 0.25) is 0 Å². The molecule has 0 saturated heterocycles. The summed E-state index contributed by atoms with van der Waals surface area (Å²) in [6.45, 7) is 0. The van der Waals surface area contributed by atoms with Gasteiger partial charge in [0.25, 0.3) is 0 Å². The number of hydrogen-bond donors (Lipinski definition) is 3. The van der Waals surface area contributed by atoms with Crippen LogP contribution in [0.3, 0.4) is 0 Å². The molecular formula is H5BN2O. The van der Waals surface area contributed by atoms with E-state index in [1.165, 1.54) is 0 Å². The fourth-order valence-electron chi connectivity index (χ4n) is 0. The Balaban J connectivity index is 2.32. The average molecular weight is 59.9 g/mol. The number of hydrogen-bond acceptors (Lipinski definition) is 3. The molecule has 4 heteroatoms. The summed E-state index contributed by atoms with van der Waals surface area (Å²) in [4.78, 5) is 0. The Morgan fingerprint density at radius 1 is 1.50 bits per heavy atom. The Morgan fingerprint density at radius 3 is 1.50 bits per heavy atom. The number of nitrogens with two attached hydrogens (primary N) is 2. The van der Waals surface area contributed by atoms with Gasteiger partial charge in [0, 0.05) is 0 Å². The summed E-state index contributed by atoms with van der Waals surface area (Å²) < 4.78 is 0. The summed E-state index contributed by atoms with van der Waals surface area (Å²) in [6, 6.07) is 0. The van der Waals surface area contributed by atoms with Crippen LogP contribution in [0.25, 0.3) is 0 Å². The van der Waals surface area contributed by atoms with Crippen LogP contribution in [-0.4, -0.2) is 12.2 Å². The molecule has 0 spiro atoms. The predicted octanol–water partition coefficient (Wildman–Crippen LogP) is -2.12. The standard InChI is InChI=1S/BH5N2O/c2-1(3)4/h4H,2-3H2. The minimum absolute atomic E-state index is 1.17. The fraction of sp³-hybridized carbons (Fsp3) is 0. The van der Waals surface area contributed by atoms with E-state index in [0.717, 1.165) is 0 Å². The van der Waals surface area contributed by atoms with Gasteiger partial charge in [0.15, 0.2) is 0 Å². The first kappa shape index (κ1) is 3.94. The smallest absolute Gasteiger partial charge is 0.424 e. The van der Waals surface area contributed by atoms with Gasteiger partial charge in [-0.3, -0.25) is 0 Å². The van der Waals surface area contributed by atoms with Crippen molar-refractivity contribution in [2.24, 2.45) is 11.3 Å². The Morgan fingerprint density at radius 2 is 1.50 bits per heavy atom. The highest BCUT2D eigenvalue weighted by molar-refractivity contribution is 6.41. The van der Waals surface area contributed by atoms with Crippen molar-refractivity contribution < 1.29 is 5.02 Å². The van der Waals surface area contributed by atoms with Crippen LogP contribution in [-0.2, 0) is 0 Å². The van der Waals surface area contributed by atoms with E-state index in [0.29, 0.717) is 0 Å². The summed E-state index contributed by atoms with van der Waals surface area (Å²) in [5, 5.41) is 7.61. The fourth-order valence-corrected chi connectivity index (χ4v) is 0. The molecule has 24 valence electrons. The van der Waals surface area contributed by atoms with Gasteiger partial charge in [-0.15, -0.1) is 0 Å². The predicted molar refractivity (Wildman–Crippen MR) is 16.3 cm³/mol. The van der Waals surface area contributed by atoms with Gasteiger partial charge < -0.3 is 16.3 Å². The second-order valence-corrected chi connectivity index (χ2v) is 0.491. The summed E-state index contributed by atoms with van der Waals surface area (Å²) in [7, 11) is -1.17. The molecule has 0 saturated carbocycles. The maximum absolute atomic E-state index is 7.61. The van der Waals surface area contributed by atoms with Crippen LogP contribution in [0.15, 0.2) is 0 Å². The Hall–Kier alpha value is -0.0551. The van der Waals surface area contributed by atoms with Gasteiger partial charge in [-0.05, 0) is 0 Å². The molecular weight excluding hydrogens is 54.8 g/mol. The molecule has 0 heterocycles. The van der Waals surface area contributed by atoms with Gasteiger partial charge in [-0.2, -0.15) is 0 Å². The molecule has 0 aromatic rings. The van der Waals surface area contributed by atoms with E-state index in [4.69, 9.17) is 5.02 Å². The zero-order valence-corrected chi connectivity index (χ0v) is 2.18. The molecule has 0 radical (unpaired) electrons. The Labute approximate surface area is 24.8 Å². The van der Waals surface area contributed by atoms with Gasteiger partial charge in [0.1, 0.15) is 0 Å². The van der Waals surface area contributed by atoms with Gasteiger partial charge in [-0.25, -0.2) is 0 Å². The third-order valence-electron chi connectivity index (χ3n) is 0. The SMILES string of the molecule is NB(N)O. The van der Waals surface area contributed by atoms with Crippen molar-refractivity contribution in [1.29, 1.82) is 0 Å². The lowest BCUT2D eigenvalue weighted by Gasteiger charge is -1.73. The molecule has 0 bridgehead atoms. The highest BCUT2D eigenvalue weighted by atomic mass is 16.2. The largest absolute Gasteiger partial charge is 0.464 e. The molecule has 0 amide bonds. The lowest BCUT2D eigenvalue weighted by molar-refractivity contribution is 0.574. The molecule has 4 heavy (non-hydrogen) atoms. The normalized spacial score (nSPS) is 6.75. The van der Waals surface area contributed by atoms with E-state index in [-0.39, 0.29) is 0 Å². The average Bonchev–Trinajstić information content (AvgIpc) is 0.811. The molecule has 0 atom stereocenters. The maximum atomic E-state index is 7.61. The lowest BCUT2D eigenvalue weighted by Crippen LogP contribution is -2.36. The van der Waals surface area contributed by atoms with Gasteiger partial charge in [-0.1, -0.05) is 0 Å². The monoisotopic (exact) mass is 60.0 g/mol.